The van der Waals surface area contributed by atoms with Gasteiger partial charge in [0.1, 0.15) is 0 Å². The molecule has 2 aromatic rings. The number of nitrogens with two attached hydrogens (primary N) is 1. The van der Waals surface area contributed by atoms with Gasteiger partial charge in [-0.05, 0) is 48.2 Å². The Labute approximate surface area is 173 Å². The molecule has 2 aromatic carbocycles. The number of aryl methyl sites for hydroxylation is 1. The average Bonchev–Trinajstić information content (AvgIpc) is 2.66. The Bertz CT molecular complexity index is 784. The lowest BCUT2D eigenvalue weighted by atomic mass is 10.1. The number of alkyl halides is 3. The molecule has 0 saturated carbocycles. The summed E-state index contributed by atoms with van der Waals surface area (Å²) in [6, 6.07) is 12.1. The van der Waals surface area contributed by atoms with Crippen LogP contribution in [0, 0.1) is 0 Å². The van der Waals surface area contributed by atoms with Crippen molar-refractivity contribution in [2.75, 3.05) is 26.0 Å². The molecule has 9 heteroatoms. The molecule has 0 spiro atoms. The maximum absolute atomic E-state index is 12.3. The summed E-state index contributed by atoms with van der Waals surface area (Å²) in [5.41, 5.74) is 8.17. The van der Waals surface area contributed by atoms with Gasteiger partial charge in [-0.25, -0.2) is 0 Å². The summed E-state index contributed by atoms with van der Waals surface area (Å²) in [4.78, 5) is 12.0. The lowest BCUT2D eigenvalue weighted by Crippen LogP contribution is -2.25. The molecule has 160 valence electrons. The molecule has 0 aliphatic heterocycles. The van der Waals surface area contributed by atoms with Crippen LogP contribution in [0.1, 0.15) is 17.5 Å². The first-order valence-corrected chi connectivity index (χ1v) is 8.74. The topological polar surface area (TPSA) is 73.6 Å². The molecular weight excluding hydrogens is 409 g/mol. The van der Waals surface area contributed by atoms with Crippen molar-refractivity contribution in [3.8, 4) is 11.5 Å². The minimum absolute atomic E-state index is 0. The van der Waals surface area contributed by atoms with Gasteiger partial charge in [0.2, 0.25) is 5.91 Å². The maximum Gasteiger partial charge on any atom is 0.422 e. The Hall–Kier alpha value is -2.61. The highest BCUT2D eigenvalue weighted by atomic mass is 35.5. The summed E-state index contributed by atoms with van der Waals surface area (Å²) in [5.74, 6) is 0.105. The van der Waals surface area contributed by atoms with Crippen molar-refractivity contribution in [3.63, 3.8) is 0 Å². The normalized spacial score (nSPS) is 10.8. The van der Waals surface area contributed by atoms with E-state index in [0.717, 1.165) is 11.1 Å². The third kappa shape index (κ3) is 8.95. The van der Waals surface area contributed by atoms with Gasteiger partial charge in [-0.2, -0.15) is 13.2 Å². The number of methoxy groups -OCH3 is 1. The molecule has 0 atom stereocenters. The highest BCUT2D eigenvalue weighted by Gasteiger charge is 2.29. The lowest BCUT2D eigenvalue weighted by molar-refractivity contribution is -0.153. The van der Waals surface area contributed by atoms with Crippen LogP contribution in [-0.2, 0) is 17.6 Å². The maximum atomic E-state index is 12.3. The van der Waals surface area contributed by atoms with E-state index in [1.165, 1.54) is 13.2 Å². The van der Waals surface area contributed by atoms with Gasteiger partial charge in [0.25, 0.3) is 0 Å². The number of carbonyl (C=O) groups is 1. The van der Waals surface area contributed by atoms with Crippen LogP contribution in [0.3, 0.4) is 0 Å². The fourth-order valence-electron chi connectivity index (χ4n) is 2.52. The first-order chi connectivity index (χ1) is 13.3. The minimum Gasteiger partial charge on any atom is -0.493 e. The highest BCUT2D eigenvalue weighted by Crippen LogP contribution is 2.30. The summed E-state index contributed by atoms with van der Waals surface area (Å²) >= 11 is 0. The second-order valence-corrected chi connectivity index (χ2v) is 6.23. The van der Waals surface area contributed by atoms with E-state index in [0.29, 0.717) is 25.1 Å². The van der Waals surface area contributed by atoms with E-state index in [9.17, 15) is 18.0 Å². The van der Waals surface area contributed by atoms with Crippen molar-refractivity contribution >= 4 is 24.0 Å². The number of nitrogens with one attached hydrogen (secondary N) is 1. The number of halogens is 4. The first-order valence-electron chi connectivity index (χ1n) is 8.74. The van der Waals surface area contributed by atoms with Crippen LogP contribution in [0.5, 0.6) is 11.5 Å². The van der Waals surface area contributed by atoms with Crippen LogP contribution in [0.4, 0.5) is 18.9 Å². The third-order valence-corrected chi connectivity index (χ3v) is 3.98. The van der Waals surface area contributed by atoms with Gasteiger partial charge in [0.05, 0.1) is 7.11 Å². The molecule has 0 bridgehead atoms. The standard InChI is InChI=1S/C20H23F3N2O3.ClH/c1-27-18-12-15(4-8-17(18)28-13-20(21,22)23)5-9-19(26)25-11-10-14-2-6-16(24)7-3-14;/h2-4,6-8,12H,5,9-11,13,24H2,1H3,(H,25,26);1H. The summed E-state index contributed by atoms with van der Waals surface area (Å²) in [6.45, 7) is -0.880. The van der Waals surface area contributed by atoms with Crippen LogP contribution in [0.2, 0.25) is 0 Å². The molecule has 29 heavy (non-hydrogen) atoms. The van der Waals surface area contributed by atoms with Gasteiger partial charge in [0, 0.05) is 18.7 Å². The van der Waals surface area contributed by atoms with Crippen molar-refractivity contribution in [1.82, 2.24) is 5.32 Å². The fourth-order valence-corrected chi connectivity index (χ4v) is 2.52. The van der Waals surface area contributed by atoms with Crippen molar-refractivity contribution in [3.05, 3.63) is 53.6 Å². The van der Waals surface area contributed by atoms with Gasteiger partial charge in [0.15, 0.2) is 18.1 Å². The van der Waals surface area contributed by atoms with Crippen LogP contribution in [0.25, 0.3) is 0 Å². The van der Waals surface area contributed by atoms with Crippen LogP contribution >= 0.6 is 12.4 Å². The number of benzene rings is 2. The number of carbonyl (C=O) groups excluding carboxylic acids is 1. The zero-order chi connectivity index (χ0) is 20.6. The number of rotatable bonds is 9. The molecule has 0 saturated heterocycles. The van der Waals surface area contributed by atoms with E-state index in [1.54, 1.807) is 12.1 Å². The van der Waals surface area contributed by atoms with Gasteiger partial charge in [-0.1, -0.05) is 18.2 Å². The fraction of sp³-hybridized carbons (Fsp3) is 0.350. The Morgan fingerprint density at radius 2 is 1.69 bits per heavy atom. The Morgan fingerprint density at radius 3 is 2.31 bits per heavy atom. The van der Waals surface area contributed by atoms with E-state index in [1.807, 2.05) is 24.3 Å². The molecule has 0 heterocycles. The van der Waals surface area contributed by atoms with Crippen LogP contribution in [-0.4, -0.2) is 32.3 Å². The van der Waals surface area contributed by atoms with E-state index in [4.69, 9.17) is 15.2 Å². The van der Waals surface area contributed by atoms with E-state index < -0.39 is 12.8 Å². The van der Waals surface area contributed by atoms with Gasteiger partial charge in [-0.3, -0.25) is 4.79 Å². The summed E-state index contributed by atoms with van der Waals surface area (Å²) in [6.07, 6.45) is -3.03. The predicted octanol–water partition coefficient (Wildman–Crippen LogP) is 3.93. The van der Waals surface area contributed by atoms with Crippen molar-refractivity contribution in [2.24, 2.45) is 0 Å². The minimum atomic E-state index is -4.42. The molecule has 0 fully saturated rings. The molecule has 0 aliphatic carbocycles. The number of hydrogen-bond acceptors (Lipinski definition) is 4. The molecule has 0 unspecified atom stereocenters. The van der Waals surface area contributed by atoms with Crippen molar-refractivity contribution < 1.29 is 27.4 Å². The second kappa shape index (κ2) is 11.4. The van der Waals surface area contributed by atoms with Crippen molar-refractivity contribution in [1.29, 1.82) is 0 Å². The summed E-state index contributed by atoms with van der Waals surface area (Å²) in [5, 5.41) is 2.84. The van der Waals surface area contributed by atoms with Crippen LogP contribution < -0.4 is 20.5 Å². The molecular formula is C20H24ClF3N2O3. The first kappa shape index (κ1) is 24.4. The Kier molecular flexibility index (Phi) is 9.61. The predicted molar refractivity (Wildman–Crippen MR) is 108 cm³/mol. The smallest absolute Gasteiger partial charge is 0.422 e. The molecule has 0 radical (unpaired) electrons. The number of ether oxygens (including phenoxy) is 2. The van der Waals surface area contributed by atoms with Gasteiger partial charge < -0.3 is 20.5 Å². The zero-order valence-electron chi connectivity index (χ0n) is 15.9. The Balaban J connectivity index is 0.00000420. The quantitative estimate of drug-likeness (QED) is 0.589. The third-order valence-electron chi connectivity index (χ3n) is 3.98. The Morgan fingerprint density at radius 1 is 1.03 bits per heavy atom. The number of hydrogen-bond donors (Lipinski definition) is 2. The van der Waals surface area contributed by atoms with E-state index >= 15 is 0 Å². The van der Waals surface area contributed by atoms with Crippen molar-refractivity contribution in [2.45, 2.75) is 25.4 Å². The largest absolute Gasteiger partial charge is 0.493 e. The van der Waals surface area contributed by atoms with Crippen LogP contribution in [0.15, 0.2) is 42.5 Å². The number of anilines is 1. The zero-order valence-corrected chi connectivity index (χ0v) is 16.7. The van der Waals surface area contributed by atoms with E-state index in [2.05, 4.69) is 5.32 Å². The second-order valence-electron chi connectivity index (χ2n) is 6.23. The summed E-state index contributed by atoms with van der Waals surface area (Å²) < 4.78 is 46.7. The molecule has 1 amide bonds. The average molecular weight is 433 g/mol. The number of nitrogen functional groups attached to an aromatic ring is 1. The molecule has 3 N–H and O–H groups in total. The van der Waals surface area contributed by atoms with Gasteiger partial charge >= 0.3 is 6.18 Å². The summed E-state index contributed by atoms with van der Waals surface area (Å²) in [7, 11) is 1.35. The molecule has 0 aromatic heterocycles. The monoisotopic (exact) mass is 432 g/mol. The highest BCUT2D eigenvalue weighted by molar-refractivity contribution is 5.85. The SMILES string of the molecule is COc1cc(CCC(=O)NCCc2ccc(N)cc2)ccc1OCC(F)(F)F.Cl. The molecule has 0 aliphatic rings. The molecule has 5 nitrogen and oxygen atoms in total. The molecule has 2 rings (SSSR count). The number of amides is 1. The van der Waals surface area contributed by atoms with E-state index in [-0.39, 0.29) is 36.2 Å². The lowest BCUT2D eigenvalue weighted by Gasteiger charge is -2.13. The van der Waals surface area contributed by atoms with Gasteiger partial charge in [-0.15, -0.1) is 12.4 Å².